The highest BCUT2D eigenvalue weighted by Crippen LogP contribution is 2.03. The van der Waals surface area contributed by atoms with E-state index in [0.717, 1.165) is 19.2 Å². The molecule has 0 aromatic carbocycles. The van der Waals surface area contributed by atoms with Gasteiger partial charge in [0.25, 0.3) is 5.91 Å². The summed E-state index contributed by atoms with van der Waals surface area (Å²) in [6.07, 6.45) is 3.24. The fourth-order valence-corrected chi connectivity index (χ4v) is 1.12. The van der Waals surface area contributed by atoms with Gasteiger partial charge < -0.3 is 10.6 Å². The van der Waals surface area contributed by atoms with E-state index >= 15 is 0 Å². The number of nitrogens with zero attached hydrogens (tertiary/aromatic N) is 1. The van der Waals surface area contributed by atoms with Crippen LogP contribution in [-0.4, -0.2) is 31.0 Å². The molecule has 0 aliphatic rings. The smallest absolute Gasteiger partial charge is 0.254 e. The SMILES string of the molecule is CNCCCNC(=O)c1ccncc1F. The topological polar surface area (TPSA) is 54.0 Å². The lowest BCUT2D eigenvalue weighted by atomic mass is 10.2. The van der Waals surface area contributed by atoms with Crippen LogP contribution < -0.4 is 10.6 Å². The van der Waals surface area contributed by atoms with E-state index in [2.05, 4.69) is 15.6 Å². The first-order valence-corrected chi connectivity index (χ1v) is 4.78. The van der Waals surface area contributed by atoms with Crippen molar-refractivity contribution in [1.29, 1.82) is 0 Å². The summed E-state index contributed by atoms with van der Waals surface area (Å²) < 4.78 is 13.1. The Kier molecular flexibility index (Phi) is 4.70. The van der Waals surface area contributed by atoms with Crippen molar-refractivity contribution >= 4 is 5.91 Å². The van der Waals surface area contributed by atoms with Gasteiger partial charge in [-0.2, -0.15) is 0 Å². The molecule has 2 N–H and O–H groups in total. The zero-order valence-electron chi connectivity index (χ0n) is 8.59. The predicted molar refractivity (Wildman–Crippen MR) is 55.1 cm³/mol. The molecule has 0 saturated heterocycles. The van der Waals surface area contributed by atoms with E-state index in [9.17, 15) is 9.18 Å². The lowest BCUT2D eigenvalue weighted by molar-refractivity contribution is 0.0949. The van der Waals surface area contributed by atoms with E-state index in [1.165, 1.54) is 12.3 Å². The Balaban J connectivity index is 2.44. The molecule has 0 fully saturated rings. The summed E-state index contributed by atoms with van der Waals surface area (Å²) in [5.74, 6) is -0.991. The Morgan fingerprint density at radius 1 is 1.53 bits per heavy atom. The molecular weight excluding hydrogens is 197 g/mol. The first-order valence-electron chi connectivity index (χ1n) is 4.78. The molecule has 0 aliphatic carbocycles. The first-order chi connectivity index (χ1) is 7.25. The highest BCUT2D eigenvalue weighted by atomic mass is 19.1. The number of carbonyl (C=O) groups is 1. The number of amides is 1. The second kappa shape index (κ2) is 6.08. The molecule has 1 aromatic rings. The van der Waals surface area contributed by atoms with E-state index in [-0.39, 0.29) is 5.56 Å². The van der Waals surface area contributed by atoms with E-state index in [1.54, 1.807) is 0 Å². The zero-order chi connectivity index (χ0) is 11.1. The van der Waals surface area contributed by atoms with Crippen molar-refractivity contribution in [3.63, 3.8) is 0 Å². The Hall–Kier alpha value is -1.49. The van der Waals surface area contributed by atoms with Crippen LogP contribution >= 0.6 is 0 Å². The molecule has 0 spiro atoms. The van der Waals surface area contributed by atoms with Gasteiger partial charge in [-0.3, -0.25) is 9.78 Å². The molecule has 1 rings (SSSR count). The summed E-state index contributed by atoms with van der Waals surface area (Å²) in [6, 6.07) is 1.36. The van der Waals surface area contributed by atoms with Crippen LogP contribution in [0.4, 0.5) is 4.39 Å². The normalized spacial score (nSPS) is 10.0. The first kappa shape index (κ1) is 11.6. The van der Waals surface area contributed by atoms with E-state index in [1.807, 2.05) is 7.05 Å². The number of halogens is 1. The predicted octanol–water partition coefficient (Wildman–Crippen LogP) is 0.560. The molecule has 4 nitrogen and oxygen atoms in total. The maximum absolute atomic E-state index is 13.1. The number of carbonyl (C=O) groups excluding carboxylic acids is 1. The second-order valence-electron chi connectivity index (χ2n) is 3.07. The fraction of sp³-hybridized carbons (Fsp3) is 0.400. The van der Waals surface area contributed by atoms with E-state index in [4.69, 9.17) is 0 Å². The molecule has 0 atom stereocenters. The number of pyridine rings is 1. The van der Waals surface area contributed by atoms with Gasteiger partial charge >= 0.3 is 0 Å². The minimum atomic E-state index is -0.594. The molecule has 82 valence electrons. The molecule has 5 heteroatoms. The van der Waals surface area contributed by atoms with Gasteiger partial charge in [-0.15, -0.1) is 0 Å². The van der Waals surface area contributed by atoms with Gasteiger partial charge in [-0.1, -0.05) is 0 Å². The summed E-state index contributed by atoms with van der Waals surface area (Å²) in [4.78, 5) is 15.0. The maximum Gasteiger partial charge on any atom is 0.254 e. The summed E-state index contributed by atoms with van der Waals surface area (Å²) in [6.45, 7) is 1.35. The highest BCUT2D eigenvalue weighted by molar-refractivity contribution is 5.94. The number of aromatic nitrogens is 1. The third kappa shape index (κ3) is 3.63. The summed E-state index contributed by atoms with van der Waals surface area (Å²) >= 11 is 0. The lowest BCUT2D eigenvalue weighted by Gasteiger charge is -2.05. The van der Waals surface area contributed by atoms with Crippen molar-refractivity contribution in [1.82, 2.24) is 15.6 Å². The molecule has 15 heavy (non-hydrogen) atoms. The van der Waals surface area contributed by atoms with Crippen LogP contribution in [0.25, 0.3) is 0 Å². The van der Waals surface area contributed by atoms with E-state index < -0.39 is 11.7 Å². The van der Waals surface area contributed by atoms with Crippen LogP contribution in [0.15, 0.2) is 18.5 Å². The van der Waals surface area contributed by atoms with Gasteiger partial charge in [0.05, 0.1) is 11.8 Å². The van der Waals surface area contributed by atoms with Crippen LogP contribution in [0.2, 0.25) is 0 Å². The maximum atomic E-state index is 13.1. The van der Waals surface area contributed by atoms with Gasteiger partial charge in [0.1, 0.15) is 0 Å². The van der Waals surface area contributed by atoms with Crippen LogP contribution in [0.3, 0.4) is 0 Å². The average molecular weight is 211 g/mol. The molecule has 0 bridgehead atoms. The fourth-order valence-electron chi connectivity index (χ4n) is 1.12. The van der Waals surface area contributed by atoms with Gasteiger partial charge in [0, 0.05) is 12.7 Å². The molecule has 1 heterocycles. The Labute approximate surface area is 87.9 Å². The third-order valence-electron chi connectivity index (χ3n) is 1.91. The monoisotopic (exact) mass is 211 g/mol. The number of nitrogens with one attached hydrogen (secondary N) is 2. The Bertz CT molecular complexity index is 330. The summed E-state index contributed by atoms with van der Waals surface area (Å²) in [5.41, 5.74) is 0.0365. The minimum Gasteiger partial charge on any atom is -0.352 e. The largest absolute Gasteiger partial charge is 0.352 e. The number of hydrogen-bond acceptors (Lipinski definition) is 3. The van der Waals surface area contributed by atoms with Crippen molar-refractivity contribution in [3.05, 3.63) is 29.8 Å². The highest BCUT2D eigenvalue weighted by Gasteiger charge is 2.09. The molecule has 0 aliphatic heterocycles. The van der Waals surface area contributed by atoms with Crippen molar-refractivity contribution < 1.29 is 9.18 Å². The molecule has 0 unspecified atom stereocenters. The van der Waals surface area contributed by atoms with Gasteiger partial charge in [-0.05, 0) is 26.1 Å². The zero-order valence-corrected chi connectivity index (χ0v) is 8.59. The van der Waals surface area contributed by atoms with Gasteiger partial charge in [0.2, 0.25) is 0 Å². The third-order valence-corrected chi connectivity index (χ3v) is 1.91. The van der Waals surface area contributed by atoms with E-state index in [0.29, 0.717) is 6.54 Å². The van der Waals surface area contributed by atoms with Crippen molar-refractivity contribution in [3.8, 4) is 0 Å². The minimum absolute atomic E-state index is 0.0365. The van der Waals surface area contributed by atoms with Gasteiger partial charge in [-0.25, -0.2) is 4.39 Å². The molecule has 1 aromatic heterocycles. The second-order valence-corrected chi connectivity index (χ2v) is 3.07. The van der Waals surface area contributed by atoms with Gasteiger partial charge in [0.15, 0.2) is 5.82 Å². The standard InChI is InChI=1S/C10H14FN3O/c1-12-4-2-5-14-10(15)8-3-6-13-7-9(8)11/h3,6-7,12H,2,4-5H2,1H3,(H,14,15). The molecule has 1 amide bonds. The lowest BCUT2D eigenvalue weighted by Crippen LogP contribution is -2.27. The molecule has 0 saturated carbocycles. The summed E-state index contributed by atoms with van der Waals surface area (Å²) in [7, 11) is 1.84. The van der Waals surface area contributed by atoms with Crippen LogP contribution in [0.5, 0.6) is 0 Å². The van der Waals surface area contributed by atoms with Crippen molar-refractivity contribution in [2.45, 2.75) is 6.42 Å². The Morgan fingerprint density at radius 2 is 2.33 bits per heavy atom. The molecular formula is C10H14FN3O. The van der Waals surface area contributed by atoms with Crippen LogP contribution in [0, 0.1) is 5.82 Å². The average Bonchev–Trinajstić information content (AvgIpc) is 2.25. The van der Waals surface area contributed by atoms with Crippen LogP contribution in [-0.2, 0) is 0 Å². The quantitative estimate of drug-likeness (QED) is 0.700. The summed E-state index contributed by atoms with van der Waals surface area (Å²) in [5, 5.41) is 5.59. The van der Waals surface area contributed by atoms with Crippen molar-refractivity contribution in [2.24, 2.45) is 0 Å². The number of rotatable bonds is 5. The van der Waals surface area contributed by atoms with Crippen LogP contribution in [0.1, 0.15) is 16.8 Å². The Morgan fingerprint density at radius 3 is 3.00 bits per heavy atom. The van der Waals surface area contributed by atoms with Crippen molar-refractivity contribution in [2.75, 3.05) is 20.1 Å². The molecule has 0 radical (unpaired) electrons. The number of hydrogen-bond donors (Lipinski definition) is 2.